The van der Waals surface area contributed by atoms with E-state index < -0.39 is 0 Å². The zero-order valence-electron chi connectivity index (χ0n) is 11.7. The maximum atomic E-state index is 12.5. The second-order valence-corrected chi connectivity index (χ2v) is 6.18. The molecule has 8 heteroatoms. The molecule has 0 aromatic carbocycles. The van der Waals surface area contributed by atoms with Crippen LogP contribution in [0.1, 0.15) is 33.9 Å². The molecule has 114 valence electrons. The largest absolute Gasteiger partial charge is 0.459 e. The van der Waals surface area contributed by atoms with Gasteiger partial charge in [-0.2, -0.15) is 0 Å². The summed E-state index contributed by atoms with van der Waals surface area (Å²) in [5.41, 5.74) is 0.384. The van der Waals surface area contributed by atoms with Crippen LogP contribution in [0.15, 0.2) is 28.2 Å². The van der Waals surface area contributed by atoms with Crippen molar-refractivity contribution in [2.45, 2.75) is 24.9 Å². The van der Waals surface area contributed by atoms with Gasteiger partial charge in [0.1, 0.15) is 0 Å². The van der Waals surface area contributed by atoms with Crippen LogP contribution in [-0.2, 0) is 0 Å². The number of hydrogen-bond donors (Lipinski definition) is 0. The minimum absolute atomic E-state index is 0.0481. The molecule has 2 atom stereocenters. The van der Waals surface area contributed by atoms with Crippen LogP contribution >= 0.6 is 11.5 Å². The van der Waals surface area contributed by atoms with Crippen molar-refractivity contribution >= 4 is 23.3 Å². The molecule has 0 N–H and O–H groups in total. The fraction of sp³-hybridized carbons (Fsp3) is 0.429. The van der Waals surface area contributed by atoms with E-state index in [4.69, 9.17) is 4.42 Å². The number of fused-ring (bicyclic) bond motifs is 2. The second-order valence-electron chi connectivity index (χ2n) is 5.58. The van der Waals surface area contributed by atoms with E-state index in [-0.39, 0.29) is 23.9 Å². The summed E-state index contributed by atoms with van der Waals surface area (Å²) < 4.78 is 8.95. The van der Waals surface area contributed by atoms with Crippen molar-refractivity contribution in [1.29, 1.82) is 0 Å². The van der Waals surface area contributed by atoms with Crippen molar-refractivity contribution in [2.75, 3.05) is 13.1 Å². The Bertz CT molecular complexity index is 671. The molecule has 2 bridgehead atoms. The molecule has 4 rings (SSSR count). The Morgan fingerprint density at radius 3 is 2.59 bits per heavy atom. The number of nitrogens with zero attached hydrogens (tertiary/aromatic N) is 4. The molecule has 7 nitrogen and oxygen atoms in total. The number of amides is 2. The molecule has 0 saturated carbocycles. The zero-order valence-corrected chi connectivity index (χ0v) is 12.5. The zero-order chi connectivity index (χ0) is 15.1. The highest BCUT2D eigenvalue weighted by atomic mass is 32.1. The molecule has 2 fully saturated rings. The maximum Gasteiger partial charge on any atom is 0.290 e. The van der Waals surface area contributed by atoms with Crippen LogP contribution in [0, 0.1) is 0 Å². The van der Waals surface area contributed by atoms with Crippen molar-refractivity contribution in [3.63, 3.8) is 0 Å². The van der Waals surface area contributed by atoms with Gasteiger partial charge < -0.3 is 14.2 Å². The average Bonchev–Trinajstić information content (AvgIpc) is 3.26. The lowest BCUT2D eigenvalue weighted by molar-refractivity contribution is 0.0338. The summed E-state index contributed by atoms with van der Waals surface area (Å²) in [6.45, 7) is 1.08. The van der Waals surface area contributed by atoms with E-state index in [1.807, 2.05) is 4.90 Å². The molecule has 0 radical (unpaired) electrons. The van der Waals surface area contributed by atoms with E-state index >= 15 is 0 Å². The van der Waals surface area contributed by atoms with Gasteiger partial charge in [-0.25, -0.2) is 0 Å². The first-order chi connectivity index (χ1) is 10.7. The van der Waals surface area contributed by atoms with E-state index in [1.54, 1.807) is 22.4 Å². The molecule has 4 heterocycles. The summed E-state index contributed by atoms with van der Waals surface area (Å²) >= 11 is 1.17. The summed E-state index contributed by atoms with van der Waals surface area (Å²) in [6, 6.07) is 3.49. The third-order valence-electron chi connectivity index (χ3n) is 4.32. The Labute approximate surface area is 130 Å². The van der Waals surface area contributed by atoms with Gasteiger partial charge in [-0.05, 0) is 36.5 Å². The molecule has 2 amide bonds. The van der Waals surface area contributed by atoms with Crippen LogP contribution in [0.25, 0.3) is 0 Å². The predicted molar refractivity (Wildman–Crippen MR) is 77.5 cm³/mol. The van der Waals surface area contributed by atoms with E-state index in [1.165, 1.54) is 17.8 Å². The molecular weight excluding hydrogens is 304 g/mol. The van der Waals surface area contributed by atoms with Gasteiger partial charge in [0.2, 0.25) is 0 Å². The highest BCUT2D eigenvalue weighted by Gasteiger charge is 2.44. The van der Waals surface area contributed by atoms with E-state index in [0.717, 1.165) is 12.8 Å². The Balaban J connectivity index is 1.52. The van der Waals surface area contributed by atoms with Crippen LogP contribution in [0.5, 0.6) is 0 Å². The quantitative estimate of drug-likeness (QED) is 0.833. The summed E-state index contributed by atoms with van der Waals surface area (Å²) in [5.74, 6) is 0.177. The number of likely N-dealkylation sites (tertiary alicyclic amines) is 1. The SMILES string of the molecule is O=C(c1csnn1)N1CC2CCC(C1)N2C(=O)c1ccco1. The summed E-state index contributed by atoms with van der Waals surface area (Å²) in [6.07, 6.45) is 3.33. The Morgan fingerprint density at radius 2 is 2.00 bits per heavy atom. The third-order valence-corrected chi connectivity index (χ3v) is 4.82. The second kappa shape index (κ2) is 5.20. The first kappa shape index (κ1) is 13.4. The van der Waals surface area contributed by atoms with Gasteiger partial charge >= 0.3 is 0 Å². The van der Waals surface area contributed by atoms with Gasteiger partial charge in [-0.3, -0.25) is 9.59 Å². The smallest absolute Gasteiger partial charge is 0.290 e. The van der Waals surface area contributed by atoms with Gasteiger partial charge in [0.15, 0.2) is 11.5 Å². The lowest BCUT2D eigenvalue weighted by Crippen LogP contribution is -2.57. The minimum Gasteiger partial charge on any atom is -0.459 e. The monoisotopic (exact) mass is 318 g/mol. The third kappa shape index (κ3) is 2.10. The lowest BCUT2D eigenvalue weighted by Gasteiger charge is -2.40. The summed E-state index contributed by atoms with van der Waals surface area (Å²) in [7, 11) is 0. The van der Waals surface area contributed by atoms with Gasteiger partial charge in [0.25, 0.3) is 11.8 Å². The van der Waals surface area contributed by atoms with Crippen LogP contribution in [-0.4, -0.2) is 56.4 Å². The van der Waals surface area contributed by atoms with Crippen molar-refractivity contribution in [3.8, 4) is 0 Å². The Hall–Kier alpha value is -2.22. The van der Waals surface area contributed by atoms with Crippen LogP contribution in [0.2, 0.25) is 0 Å². The van der Waals surface area contributed by atoms with Gasteiger partial charge in [-0.15, -0.1) is 5.10 Å². The van der Waals surface area contributed by atoms with Crippen molar-refractivity contribution < 1.29 is 14.0 Å². The normalized spacial score (nSPS) is 23.8. The number of rotatable bonds is 2. The fourth-order valence-electron chi connectivity index (χ4n) is 3.35. The molecule has 0 spiro atoms. The van der Waals surface area contributed by atoms with Crippen molar-refractivity contribution in [2.24, 2.45) is 0 Å². The highest BCUT2D eigenvalue weighted by Crippen LogP contribution is 2.32. The average molecular weight is 318 g/mol. The van der Waals surface area contributed by atoms with E-state index in [0.29, 0.717) is 24.5 Å². The molecule has 2 aliphatic heterocycles. The highest BCUT2D eigenvalue weighted by molar-refractivity contribution is 7.03. The maximum absolute atomic E-state index is 12.5. The Kier molecular flexibility index (Phi) is 3.18. The number of carbonyl (C=O) groups is 2. The number of piperazine rings is 1. The summed E-state index contributed by atoms with van der Waals surface area (Å²) in [4.78, 5) is 28.6. The van der Waals surface area contributed by atoms with E-state index in [9.17, 15) is 9.59 Å². The first-order valence-electron chi connectivity index (χ1n) is 7.16. The molecular formula is C14H14N4O3S. The lowest BCUT2D eigenvalue weighted by atomic mass is 10.1. The molecule has 2 aromatic rings. The van der Waals surface area contributed by atoms with Gasteiger partial charge in [-0.1, -0.05) is 4.49 Å². The number of carbonyl (C=O) groups excluding carboxylic acids is 2. The molecule has 22 heavy (non-hydrogen) atoms. The van der Waals surface area contributed by atoms with Gasteiger partial charge in [0.05, 0.1) is 18.3 Å². The summed E-state index contributed by atoms with van der Waals surface area (Å²) in [5, 5.41) is 5.50. The number of hydrogen-bond acceptors (Lipinski definition) is 6. The molecule has 2 unspecified atom stereocenters. The molecule has 0 aliphatic carbocycles. The Morgan fingerprint density at radius 1 is 1.23 bits per heavy atom. The van der Waals surface area contributed by atoms with Crippen LogP contribution < -0.4 is 0 Å². The topological polar surface area (TPSA) is 79.5 Å². The van der Waals surface area contributed by atoms with Crippen LogP contribution in [0.4, 0.5) is 0 Å². The molecule has 2 aromatic heterocycles. The van der Waals surface area contributed by atoms with E-state index in [2.05, 4.69) is 9.59 Å². The van der Waals surface area contributed by atoms with Gasteiger partial charge in [0, 0.05) is 18.5 Å². The predicted octanol–water partition coefficient (Wildman–Crippen LogP) is 1.26. The van der Waals surface area contributed by atoms with Crippen molar-refractivity contribution in [3.05, 3.63) is 35.2 Å². The number of aromatic nitrogens is 2. The van der Waals surface area contributed by atoms with Crippen LogP contribution in [0.3, 0.4) is 0 Å². The molecule has 2 saturated heterocycles. The fourth-order valence-corrected chi connectivity index (χ4v) is 3.78. The number of furan rings is 1. The van der Waals surface area contributed by atoms with Crippen molar-refractivity contribution in [1.82, 2.24) is 19.4 Å². The standard InChI is InChI=1S/C14H14N4O3S/c19-13(11-8-22-16-15-11)17-6-9-3-4-10(7-17)18(9)14(20)12-2-1-5-21-12/h1-2,5,8-10H,3-4,6-7H2. The minimum atomic E-state index is -0.101. The first-order valence-corrected chi connectivity index (χ1v) is 8.00. The molecule has 2 aliphatic rings.